The van der Waals surface area contributed by atoms with Crippen molar-refractivity contribution >= 4 is 23.5 Å². The van der Waals surface area contributed by atoms with Crippen LogP contribution in [0, 0.1) is 5.82 Å². The molecule has 7 heteroatoms. The Morgan fingerprint density at radius 2 is 1.58 bits per heavy atom. The Bertz CT molecular complexity index is 742. The highest BCUT2D eigenvalue weighted by atomic mass is 19.1. The van der Waals surface area contributed by atoms with Crippen molar-refractivity contribution in [1.29, 1.82) is 0 Å². The van der Waals surface area contributed by atoms with Crippen LogP contribution in [-0.2, 0) is 20.9 Å². The number of methoxy groups -OCH3 is 1. The highest BCUT2D eigenvalue weighted by molar-refractivity contribution is 6.39. The molecule has 2 N–H and O–H groups in total. The van der Waals surface area contributed by atoms with Crippen LogP contribution in [0.4, 0.5) is 10.1 Å². The number of hydrogen-bond acceptors (Lipinski definition) is 4. The minimum Gasteiger partial charge on any atom is -0.465 e. The predicted octanol–water partition coefficient (Wildman–Crippen LogP) is 1.87. The summed E-state index contributed by atoms with van der Waals surface area (Å²) in [6, 6.07) is 11.5. The summed E-state index contributed by atoms with van der Waals surface area (Å²) < 4.78 is 17.4. The highest BCUT2D eigenvalue weighted by Crippen LogP contribution is 2.08. The van der Waals surface area contributed by atoms with E-state index in [1.807, 2.05) is 0 Å². The number of benzene rings is 2. The van der Waals surface area contributed by atoms with E-state index < -0.39 is 23.6 Å². The van der Waals surface area contributed by atoms with Gasteiger partial charge >= 0.3 is 17.8 Å². The first kappa shape index (κ1) is 17.1. The minimum atomic E-state index is -0.854. The van der Waals surface area contributed by atoms with Crippen molar-refractivity contribution in [2.75, 3.05) is 12.4 Å². The molecule has 24 heavy (non-hydrogen) atoms. The number of nitrogens with one attached hydrogen (secondary N) is 2. The maximum Gasteiger partial charge on any atom is 0.337 e. The number of anilines is 1. The first-order valence-electron chi connectivity index (χ1n) is 7.01. The molecule has 0 bridgehead atoms. The van der Waals surface area contributed by atoms with Crippen LogP contribution in [0.2, 0.25) is 0 Å². The van der Waals surface area contributed by atoms with Gasteiger partial charge in [-0.05, 0) is 42.0 Å². The summed E-state index contributed by atoms with van der Waals surface area (Å²) in [6.45, 7) is 0.122. The lowest BCUT2D eigenvalue weighted by Crippen LogP contribution is -2.34. The average Bonchev–Trinajstić information content (AvgIpc) is 2.61. The summed E-state index contributed by atoms with van der Waals surface area (Å²) in [7, 11) is 1.29. The van der Waals surface area contributed by atoms with Crippen molar-refractivity contribution in [2.24, 2.45) is 0 Å². The van der Waals surface area contributed by atoms with Gasteiger partial charge in [-0.1, -0.05) is 12.1 Å². The molecule has 0 spiro atoms. The van der Waals surface area contributed by atoms with Gasteiger partial charge in [-0.3, -0.25) is 9.59 Å². The van der Waals surface area contributed by atoms with Gasteiger partial charge in [0.1, 0.15) is 5.82 Å². The van der Waals surface area contributed by atoms with Crippen molar-refractivity contribution in [3.63, 3.8) is 0 Å². The average molecular weight is 330 g/mol. The van der Waals surface area contributed by atoms with Crippen LogP contribution in [0.5, 0.6) is 0 Å². The molecule has 0 heterocycles. The summed E-state index contributed by atoms with van der Waals surface area (Å²) in [5.74, 6) is -2.57. The standard InChI is InChI=1S/C17H15FN2O4/c1-24-17(23)12-4-2-11(3-5-12)10-19-15(21)16(22)20-14-8-6-13(18)7-9-14/h2-9H,10H2,1H3,(H,19,21)(H,20,22). The van der Waals surface area contributed by atoms with Gasteiger partial charge in [0.25, 0.3) is 0 Å². The zero-order valence-electron chi connectivity index (χ0n) is 12.8. The molecule has 0 saturated carbocycles. The monoisotopic (exact) mass is 330 g/mol. The molecule has 0 aliphatic heterocycles. The molecule has 0 aliphatic carbocycles. The van der Waals surface area contributed by atoms with E-state index in [2.05, 4.69) is 15.4 Å². The van der Waals surface area contributed by atoms with Gasteiger partial charge < -0.3 is 15.4 Å². The molecule has 6 nitrogen and oxygen atoms in total. The third-order valence-electron chi connectivity index (χ3n) is 3.14. The second-order valence-corrected chi connectivity index (χ2v) is 4.83. The van der Waals surface area contributed by atoms with Crippen LogP contribution in [0.25, 0.3) is 0 Å². The number of ether oxygens (including phenoxy) is 1. The van der Waals surface area contributed by atoms with Gasteiger partial charge in [0.05, 0.1) is 12.7 Å². The van der Waals surface area contributed by atoms with Crippen molar-refractivity contribution in [1.82, 2.24) is 5.32 Å². The number of carbonyl (C=O) groups is 3. The first-order valence-corrected chi connectivity index (χ1v) is 7.01. The molecule has 0 aliphatic rings. The van der Waals surface area contributed by atoms with Gasteiger partial charge in [-0.15, -0.1) is 0 Å². The van der Waals surface area contributed by atoms with Crippen molar-refractivity contribution in [2.45, 2.75) is 6.54 Å². The van der Waals surface area contributed by atoms with Crippen LogP contribution < -0.4 is 10.6 Å². The van der Waals surface area contributed by atoms with Gasteiger partial charge in [-0.2, -0.15) is 0 Å². The Morgan fingerprint density at radius 3 is 2.17 bits per heavy atom. The SMILES string of the molecule is COC(=O)c1ccc(CNC(=O)C(=O)Nc2ccc(F)cc2)cc1. The maximum absolute atomic E-state index is 12.8. The Balaban J connectivity index is 1.86. The van der Waals surface area contributed by atoms with Gasteiger partial charge in [0.15, 0.2) is 0 Å². The second kappa shape index (κ2) is 7.87. The lowest BCUT2D eigenvalue weighted by molar-refractivity contribution is -0.136. The lowest BCUT2D eigenvalue weighted by Gasteiger charge is -2.07. The Hall–Kier alpha value is -3.22. The minimum absolute atomic E-state index is 0.122. The summed E-state index contributed by atoms with van der Waals surface area (Å²) in [4.78, 5) is 34.8. The van der Waals surface area contributed by atoms with E-state index in [0.29, 0.717) is 16.8 Å². The topological polar surface area (TPSA) is 84.5 Å². The molecular weight excluding hydrogens is 315 g/mol. The van der Waals surface area contributed by atoms with E-state index in [9.17, 15) is 18.8 Å². The quantitative estimate of drug-likeness (QED) is 0.662. The fourth-order valence-corrected chi connectivity index (χ4v) is 1.86. The number of hydrogen-bond donors (Lipinski definition) is 2. The number of esters is 1. The number of halogens is 1. The lowest BCUT2D eigenvalue weighted by atomic mass is 10.1. The third kappa shape index (κ3) is 4.64. The van der Waals surface area contributed by atoms with Crippen LogP contribution >= 0.6 is 0 Å². The number of carbonyl (C=O) groups excluding carboxylic acids is 3. The molecule has 0 radical (unpaired) electrons. The molecule has 124 valence electrons. The van der Waals surface area contributed by atoms with Crippen LogP contribution in [0.15, 0.2) is 48.5 Å². The zero-order valence-corrected chi connectivity index (χ0v) is 12.8. The van der Waals surface area contributed by atoms with Gasteiger partial charge in [0, 0.05) is 12.2 Å². The number of amides is 2. The zero-order chi connectivity index (χ0) is 17.5. The van der Waals surface area contributed by atoms with Crippen molar-refractivity contribution in [3.05, 3.63) is 65.5 Å². The molecular formula is C17H15FN2O4. The Labute approximate surface area is 137 Å². The summed E-state index contributed by atoms with van der Waals surface area (Å²) in [6.07, 6.45) is 0. The predicted molar refractivity (Wildman–Crippen MR) is 84.7 cm³/mol. The largest absolute Gasteiger partial charge is 0.465 e. The van der Waals surface area contributed by atoms with E-state index in [1.165, 1.54) is 31.4 Å². The normalized spacial score (nSPS) is 9.92. The molecule has 0 unspecified atom stereocenters. The maximum atomic E-state index is 12.8. The van der Waals surface area contributed by atoms with Crippen molar-refractivity contribution in [3.8, 4) is 0 Å². The molecule has 0 atom stereocenters. The molecule has 2 amide bonds. The summed E-state index contributed by atoms with van der Waals surface area (Å²) in [5, 5.41) is 4.81. The fraction of sp³-hybridized carbons (Fsp3) is 0.118. The smallest absolute Gasteiger partial charge is 0.337 e. The summed E-state index contributed by atoms with van der Waals surface area (Å²) >= 11 is 0. The van der Waals surface area contributed by atoms with E-state index in [4.69, 9.17) is 0 Å². The molecule has 2 rings (SSSR count). The van der Waals surface area contributed by atoms with E-state index in [-0.39, 0.29) is 6.54 Å². The van der Waals surface area contributed by atoms with Crippen molar-refractivity contribution < 1.29 is 23.5 Å². The third-order valence-corrected chi connectivity index (χ3v) is 3.14. The van der Waals surface area contributed by atoms with Gasteiger partial charge in [0.2, 0.25) is 0 Å². The molecule has 2 aromatic carbocycles. The van der Waals surface area contributed by atoms with E-state index in [0.717, 1.165) is 0 Å². The molecule has 0 fully saturated rings. The summed E-state index contributed by atoms with van der Waals surface area (Å²) in [5.41, 5.74) is 1.42. The first-order chi connectivity index (χ1) is 11.5. The van der Waals surface area contributed by atoms with Crippen LogP contribution in [-0.4, -0.2) is 24.9 Å². The molecule has 0 saturated heterocycles. The van der Waals surface area contributed by atoms with E-state index >= 15 is 0 Å². The van der Waals surface area contributed by atoms with Crippen LogP contribution in [0.3, 0.4) is 0 Å². The Kier molecular flexibility index (Phi) is 5.62. The highest BCUT2D eigenvalue weighted by Gasteiger charge is 2.13. The van der Waals surface area contributed by atoms with Gasteiger partial charge in [-0.25, -0.2) is 9.18 Å². The fourth-order valence-electron chi connectivity index (χ4n) is 1.86. The second-order valence-electron chi connectivity index (χ2n) is 4.83. The van der Waals surface area contributed by atoms with E-state index in [1.54, 1.807) is 24.3 Å². The molecule has 0 aromatic heterocycles. The Morgan fingerprint density at radius 1 is 0.958 bits per heavy atom. The molecule has 2 aromatic rings. The number of rotatable bonds is 4. The van der Waals surface area contributed by atoms with Crippen LogP contribution in [0.1, 0.15) is 15.9 Å².